The maximum Gasteiger partial charge on any atom is 0.128 e. The van der Waals surface area contributed by atoms with Gasteiger partial charge in [0.2, 0.25) is 0 Å². The van der Waals surface area contributed by atoms with Crippen molar-refractivity contribution in [2.24, 2.45) is 0 Å². The Hall–Kier alpha value is -1.54. The summed E-state index contributed by atoms with van der Waals surface area (Å²) in [5.41, 5.74) is 2.55. The van der Waals surface area contributed by atoms with Gasteiger partial charge in [-0.2, -0.15) is 0 Å². The van der Waals surface area contributed by atoms with Gasteiger partial charge in [-0.3, -0.25) is 0 Å². The van der Waals surface area contributed by atoms with Gasteiger partial charge in [-0.25, -0.2) is 4.39 Å². The van der Waals surface area contributed by atoms with Crippen LogP contribution in [-0.2, 0) is 0 Å². The topological polar surface area (TPSA) is 12.0 Å². The molecule has 0 aliphatic rings. The van der Waals surface area contributed by atoms with E-state index in [1.807, 2.05) is 38.1 Å². The first-order valence-electron chi connectivity index (χ1n) is 5.85. The molecule has 18 heavy (non-hydrogen) atoms. The predicted octanol–water partition coefficient (Wildman–Crippen LogP) is 4.96. The van der Waals surface area contributed by atoms with Crippen molar-refractivity contribution >= 4 is 17.3 Å². The fourth-order valence-electron chi connectivity index (χ4n) is 1.87. The lowest BCUT2D eigenvalue weighted by atomic mass is 10.1. The third-order valence-electron chi connectivity index (χ3n) is 2.87. The first-order valence-corrected chi connectivity index (χ1v) is 6.23. The minimum absolute atomic E-state index is 0.133. The SMILES string of the molecule is Cc1ccc(NC(C)c2ccccc2F)c(Cl)c1. The average molecular weight is 264 g/mol. The fourth-order valence-corrected chi connectivity index (χ4v) is 2.16. The molecule has 0 aliphatic carbocycles. The number of halogens is 2. The molecule has 0 spiro atoms. The van der Waals surface area contributed by atoms with Crippen LogP contribution in [0.2, 0.25) is 5.02 Å². The molecule has 0 aromatic heterocycles. The van der Waals surface area contributed by atoms with Crippen molar-refractivity contribution in [2.75, 3.05) is 5.32 Å². The number of rotatable bonds is 3. The minimum atomic E-state index is -0.208. The number of aryl methyl sites for hydroxylation is 1. The van der Waals surface area contributed by atoms with E-state index in [-0.39, 0.29) is 11.9 Å². The van der Waals surface area contributed by atoms with Crippen LogP contribution in [0.4, 0.5) is 10.1 Å². The van der Waals surface area contributed by atoms with E-state index in [0.717, 1.165) is 11.3 Å². The molecule has 1 N–H and O–H groups in total. The van der Waals surface area contributed by atoms with Crippen molar-refractivity contribution in [3.63, 3.8) is 0 Å². The van der Waals surface area contributed by atoms with Crippen molar-refractivity contribution in [1.82, 2.24) is 0 Å². The highest BCUT2D eigenvalue weighted by molar-refractivity contribution is 6.33. The van der Waals surface area contributed by atoms with Crippen LogP contribution in [0.15, 0.2) is 42.5 Å². The number of nitrogens with one attached hydrogen (secondary N) is 1. The lowest BCUT2D eigenvalue weighted by Gasteiger charge is -2.17. The standard InChI is InChI=1S/C15H15ClFN/c1-10-7-8-15(13(16)9-10)18-11(2)12-5-3-4-6-14(12)17/h3-9,11,18H,1-2H3. The average Bonchev–Trinajstić information content (AvgIpc) is 2.33. The minimum Gasteiger partial charge on any atom is -0.377 e. The van der Waals surface area contributed by atoms with Crippen LogP contribution in [0.3, 0.4) is 0 Å². The van der Waals surface area contributed by atoms with Crippen molar-refractivity contribution in [2.45, 2.75) is 19.9 Å². The van der Waals surface area contributed by atoms with E-state index >= 15 is 0 Å². The van der Waals surface area contributed by atoms with Crippen LogP contribution < -0.4 is 5.32 Å². The summed E-state index contributed by atoms with van der Waals surface area (Å²) >= 11 is 6.14. The molecule has 0 aliphatic heterocycles. The Morgan fingerprint density at radius 3 is 2.56 bits per heavy atom. The number of hydrogen-bond donors (Lipinski definition) is 1. The second-order valence-electron chi connectivity index (χ2n) is 4.37. The Balaban J connectivity index is 2.21. The van der Waals surface area contributed by atoms with Gasteiger partial charge in [-0.05, 0) is 37.6 Å². The summed E-state index contributed by atoms with van der Waals surface area (Å²) in [5, 5.41) is 3.87. The van der Waals surface area contributed by atoms with Gasteiger partial charge in [0, 0.05) is 5.56 Å². The van der Waals surface area contributed by atoms with Crippen LogP contribution in [0, 0.1) is 12.7 Å². The van der Waals surface area contributed by atoms with Crippen LogP contribution in [0.25, 0.3) is 0 Å². The Bertz CT molecular complexity index is 554. The van der Waals surface area contributed by atoms with Crippen molar-refractivity contribution < 1.29 is 4.39 Å². The molecule has 1 unspecified atom stereocenters. The molecule has 0 saturated heterocycles. The summed E-state index contributed by atoms with van der Waals surface area (Å²) in [4.78, 5) is 0. The van der Waals surface area contributed by atoms with Gasteiger partial charge >= 0.3 is 0 Å². The molecule has 0 heterocycles. The summed E-state index contributed by atoms with van der Waals surface area (Å²) < 4.78 is 13.6. The monoisotopic (exact) mass is 263 g/mol. The van der Waals surface area contributed by atoms with Crippen LogP contribution >= 0.6 is 11.6 Å². The second-order valence-corrected chi connectivity index (χ2v) is 4.78. The third kappa shape index (κ3) is 2.82. The van der Waals surface area contributed by atoms with Gasteiger partial charge in [0.15, 0.2) is 0 Å². The first-order chi connectivity index (χ1) is 8.58. The van der Waals surface area contributed by atoms with E-state index in [4.69, 9.17) is 11.6 Å². The molecule has 2 rings (SSSR count). The van der Waals surface area contributed by atoms with Gasteiger partial charge in [0.05, 0.1) is 16.8 Å². The van der Waals surface area contributed by atoms with Gasteiger partial charge in [-0.15, -0.1) is 0 Å². The maximum absolute atomic E-state index is 13.6. The van der Waals surface area contributed by atoms with E-state index in [0.29, 0.717) is 10.6 Å². The molecule has 0 amide bonds. The van der Waals surface area contributed by atoms with Gasteiger partial charge in [0.25, 0.3) is 0 Å². The molecule has 1 nitrogen and oxygen atoms in total. The van der Waals surface area contributed by atoms with Gasteiger partial charge in [0.1, 0.15) is 5.82 Å². The zero-order valence-corrected chi connectivity index (χ0v) is 11.1. The lowest BCUT2D eigenvalue weighted by molar-refractivity contribution is 0.600. The largest absolute Gasteiger partial charge is 0.377 e. The molecule has 2 aromatic carbocycles. The highest BCUT2D eigenvalue weighted by Gasteiger charge is 2.11. The van der Waals surface area contributed by atoms with Crippen LogP contribution in [0.1, 0.15) is 24.1 Å². The molecule has 2 aromatic rings. The molecule has 0 radical (unpaired) electrons. The van der Waals surface area contributed by atoms with Crippen molar-refractivity contribution in [3.8, 4) is 0 Å². The second kappa shape index (κ2) is 5.40. The lowest BCUT2D eigenvalue weighted by Crippen LogP contribution is -2.08. The highest BCUT2D eigenvalue weighted by Crippen LogP contribution is 2.27. The summed E-state index contributed by atoms with van der Waals surface area (Å²) in [5.74, 6) is -0.208. The number of benzene rings is 2. The van der Waals surface area contributed by atoms with E-state index in [1.54, 1.807) is 12.1 Å². The van der Waals surface area contributed by atoms with E-state index < -0.39 is 0 Å². The van der Waals surface area contributed by atoms with Crippen molar-refractivity contribution in [3.05, 3.63) is 64.4 Å². The van der Waals surface area contributed by atoms with E-state index in [9.17, 15) is 4.39 Å². The van der Waals surface area contributed by atoms with Crippen LogP contribution in [0.5, 0.6) is 0 Å². The molecule has 0 bridgehead atoms. The summed E-state index contributed by atoms with van der Waals surface area (Å²) in [6.07, 6.45) is 0. The van der Waals surface area contributed by atoms with Crippen LogP contribution in [-0.4, -0.2) is 0 Å². The van der Waals surface area contributed by atoms with Crippen molar-refractivity contribution in [1.29, 1.82) is 0 Å². The summed E-state index contributed by atoms with van der Waals surface area (Å²) in [6.45, 7) is 3.89. The number of anilines is 1. The fraction of sp³-hybridized carbons (Fsp3) is 0.200. The molecule has 3 heteroatoms. The number of hydrogen-bond acceptors (Lipinski definition) is 1. The normalized spacial score (nSPS) is 12.2. The highest BCUT2D eigenvalue weighted by atomic mass is 35.5. The molecule has 0 fully saturated rings. The molecule has 94 valence electrons. The third-order valence-corrected chi connectivity index (χ3v) is 3.18. The Morgan fingerprint density at radius 2 is 1.89 bits per heavy atom. The Morgan fingerprint density at radius 1 is 1.17 bits per heavy atom. The molecular weight excluding hydrogens is 249 g/mol. The van der Waals surface area contributed by atoms with Gasteiger partial charge < -0.3 is 5.32 Å². The quantitative estimate of drug-likeness (QED) is 0.825. The smallest absolute Gasteiger partial charge is 0.128 e. The Kier molecular flexibility index (Phi) is 3.87. The van der Waals surface area contributed by atoms with E-state index in [2.05, 4.69) is 5.32 Å². The first kappa shape index (κ1) is 12.9. The molecule has 1 atom stereocenters. The zero-order valence-electron chi connectivity index (χ0n) is 10.4. The van der Waals surface area contributed by atoms with Gasteiger partial charge in [-0.1, -0.05) is 35.9 Å². The molecular formula is C15H15ClFN. The molecule has 0 saturated carbocycles. The zero-order chi connectivity index (χ0) is 13.1. The van der Waals surface area contributed by atoms with E-state index in [1.165, 1.54) is 6.07 Å². The Labute approximate surface area is 112 Å². The summed E-state index contributed by atoms with van der Waals surface area (Å²) in [6, 6.07) is 12.4. The maximum atomic E-state index is 13.6. The summed E-state index contributed by atoms with van der Waals surface area (Å²) in [7, 11) is 0. The predicted molar refractivity (Wildman–Crippen MR) is 74.6 cm³/mol.